The molecule has 2 aromatic rings. The number of fused-ring (bicyclic) bond motifs is 1. The largest absolute Gasteiger partial charge is 0.482 e. The van der Waals surface area contributed by atoms with Gasteiger partial charge in [-0.1, -0.05) is 18.2 Å². The normalized spacial score (nSPS) is 15.4. The molecule has 1 fully saturated rings. The maximum absolute atomic E-state index is 12.4. The number of ether oxygens (including phenoxy) is 2. The van der Waals surface area contributed by atoms with Crippen molar-refractivity contribution in [1.82, 2.24) is 0 Å². The van der Waals surface area contributed by atoms with Gasteiger partial charge < -0.3 is 19.3 Å². The molecule has 2 aromatic carbocycles. The van der Waals surface area contributed by atoms with E-state index in [0.29, 0.717) is 18.7 Å². The summed E-state index contributed by atoms with van der Waals surface area (Å²) in [6.07, 6.45) is 2.24. The third-order valence-electron chi connectivity index (χ3n) is 5.12. The number of carbonyl (C=O) groups is 3. The predicted octanol–water partition coefficient (Wildman–Crippen LogP) is 2.32. The number of hydrogen-bond donors (Lipinski definition) is 0. The van der Waals surface area contributed by atoms with Crippen LogP contribution >= 0.6 is 0 Å². The van der Waals surface area contributed by atoms with Crippen LogP contribution in [0.3, 0.4) is 0 Å². The van der Waals surface area contributed by atoms with Crippen LogP contribution in [0.5, 0.6) is 5.75 Å². The van der Waals surface area contributed by atoms with Crippen molar-refractivity contribution in [3.8, 4) is 5.75 Å². The average molecular weight is 394 g/mol. The molecule has 4 rings (SSSR count). The molecule has 0 atom stereocenters. The number of rotatable bonds is 6. The van der Waals surface area contributed by atoms with Crippen molar-refractivity contribution < 1.29 is 23.9 Å². The Balaban J connectivity index is 1.23. The van der Waals surface area contributed by atoms with E-state index in [0.717, 1.165) is 36.3 Å². The van der Waals surface area contributed by atoms with Crippen LogP contribution in [0.2, 0.25) is 0 Å². The van der Waals surface area contributed by atoms with E-state index in [1.54, 1.807) is 34.1 Å². The summed E-state index contributed by atoms with van der Waals surface area (Å²) in [7, 11) is 0. The van der Waals surface area contributed by atoms with Gasteiger partial charge in [0, 0.05) is 30.9 Å². The SMILES string of the molecule is O=C(COc1ccc(N2CCCC2=O)cc1)OCC(=O)N1CCc2ccccc21. The van der Waals surface area contributed by atoms with Crippen LogP contribution in [0.4, 0.5) is 11.4 Å². The minimum Gasteiger partial charge on any atom is -0.482 e. The summed E-state index contributed by atoms with van der Waals surface area (Å²) in [6, 6.07) is 14.7. The summed E-state index contributed by atoms with van der Waals surface area (Å²) in [6.45, 7) is 0.720. The minimum atomic E-state index is -0.607. The first-order valence-electron chi connectivity index (χ1n) is 9.69. The molecule has 0 radical (unpaired) electrons. The molecule has 0 bridgehead atoms. The van der Waals surface area contributed by atoms with Crippen LogP contribution in [0, 0.1) is 0 Å². The summed E-state index contributed by atoms with van der Waals surface area (Å²) < 4.78 is 10.5. The standard InChI is InChI=1S/C22H22N2O5/c25-20-6-3-12-23(20)17-7-9-18(10-8-17)28-15-22(27)29-14-21(26)24-13-11-16-4-1-2-5-19(16)24/h1-2,4-5,7-10H,3,6,11-15H2. The molecule has 29 heavy (non-hydrogen) atoms. The van der Waals surface area contributed by atoms with Gasteiger partial charge in [0.1, 0.15) is 5.75 Å². The molecule has 150 valence electrons. The van der Waals surface area contributed by atoms with Crippen LogP contribution in [0.1, 0.15) is 18.4 Å². The summed E-state index contributed by atoms with van der Waals surface area (Å²) in [4.78, 5) is 39.4. The summed E-state index contributed by atoms with van der Waals surface area (Å²) in [5.74, 6) is -0.239. The molecule has 0 aliphatic carbocycles. The van der Waals surface area contributed by atoms with E-state index in [2.05, 4.69) is 0 Å². The first-order valence-corrected chi connectivity index (χ1v) is 9.69. The number of nitrogens with zero attached hydrogens (tertiary/aromatic N) is 2. The molecule has 0 saturated carbocycles. The monoisotopic (exact) mass is 394 g/mol. The summed E-state index contributed by atoms with van der Waals surface area (Å²) in [5.41, 5.74) is 2.81. The summed E-state index contributed by atoms with van der Waals surface area (Å²) in [5, 5.41) is 0. The van der Waals surface area contributed by atoms with Crippen LogP contribution < -0.4 is 14.5 Å². The van der Waals surface area contributed by atoms with Gasteiger partial charge in [0.05, 0.1) is 0 Å². The Morgan fingerprint density at radius 2 is 1.72 bits per heavy atom. The molecule has 2 aliphatic heterocycles. The molecular weight excluding hydrogens is 372 g/mol. The fourth-order valence-corrected chi connectivity index (χ4v) is 3.64. The van der Waals surface area contributed by atoms with Gasteiger partial charge in [-0.15, -0.1) is 0 Å². The Morgan fingerprint density at radius 3 is 2.48 bits per heavy atom. The molecule has 0 N–H and O–H groups in total. The molecule has 2 aliphatic rings. The van der Waals surface area contributed by atoms with Gasteiger partial charge in [0.2, 0.25) is 5.91 Å². The van der Waals surface area contributed by atoms with Crippen LogP contribution in [0.25, 0.3) is 0 Å². The highest BCUT2D eigenvalue weighted by Gasteiger charge is 2.25. The van der Waals surface area contributed by atoms with E-state index < -0.39 is 5.97 Å². The van der Waals surface area contributed by atoms with Crippen molar-refractivity contribution in [2.24, 2.45) is 0 Å². The second kappa shape index (κ2) is 8.34. The molecule has 7 nitrogen and oxygen atoms in total. The maximum Gasteiger partial charge on any atom is 0.344 e. The first kappa shape index (κ1) is 19.0. The topological polar surface area (TPSA) is 76.1 Å². The Kier molecular flexibility index (Phi) is 5.46. The maximum atomic E-state index is 12.4. The zero-order valence-electron chi connectivity index (χ0n) is 16.0. The quantitative estimate of drug-likeness (QED) is 0.703. The lowest BCUT2D eigenvalue weighted by atomic mass is 10.2. The Bertz CT molecular complexity index is 925. The molecule has 0 aromatic heterocycles. The lowest BCUT2D eigenvalue weighted by molar-refractivity contribution is -0.149. The number of benzene rings is 2. The summed E-state index contributed by atoms with van der Waals surface area (Å²) >= 11 is 0. The first-order chi connectivity index (χ1) is 14.1. The van der Waals surface area contributed by atoms with E-state index in [1.165, 1.54) is 0 Å². The molecule has 7 heteroatoms. The molecule has 2 heterocycles. The third-order valence-corrected chi connectivity index (χ3v) is 5.12. The van der Waals surface area contributed by atoms with Crippen molar-refractivity contribution in [3.05, 3.63) is 54.1 Å². The van der Waals surface area contributed by atoms with E-state index in [9.17, 15) is 14.4 Å². The molecule has 0 unspecified atom stereocenters. The number of hydrogen-bond acceptors (Lipinski definition) is 5. The number of amides is 2. The fraction of sp³-hybridized carbons (Fsp3) is 0.318. The van der Waals surface area contributed by atoms with Crippen molar-refractivity contribution in [1.29, 1.82) is 0 Å². The third kappa shape index (κ3) is 4.23. The van der Waals surface area contributed by atoms with Crippen molar-refractivity contribution >= 4 is 29.2 Å². The molecule has 0 spiro atoms. The number of anilines is 2. The van der Waals surface area contributed by atoms with Crippen molar-refractivity contribution in [2.45, 2.75) is 19.3 Å². The van der Waals surface area contributed by atoms with Crippen LogP contribution in [-0.4, -0.2) is 44.1 Å². The van der Waals surface area contributed by atoms with Gasteiger partial charge in [-0.05, 0) is 48.7 Å². The zero-order valence-corrected chi connectivity index (χ0v) is 16.0. The van der Waals surface area contributed by atoms with Gasteiger partial charge >= 0.3 is 5.97 Å². The van der Waals surface area contributed by atoms with Crippen molar-refractivity contribution in [3.63, 3.8) is 0 Å². The van der Waals surface area contributed by atoms with E-state index in [1.807, 2.05) is 24.3 Å². The fourth-order valence-electron chi connectivity index (χ4n) is 3.64. The van der Waals surface area contributed by atoms with Gasteiger partial charge in [0.15, 0.2) is 13.2 Å². The highest BCUT2D eigenvalue weighted by atomic mass is 16.6. The van der Waals surface area contributed by atoms with E-state index in [4.69, 9.17) is 9.47 Å². The smallest absolute Gasteiger partial charge is 0.344 e. The van der Waals surface area contributed by atoms with Crippen LogP contribution in [0.15, 0.2) is 48.5 Å². The van der Waals surface area contributed by atoms with Crippen LogP contribution in [-0.2, 0) is 25.5 Å². The molecular formula is C22H22N2O5. The highest BCUT2D eigenvalue weighted by molar-refractivity contribution is 5.97. The second-order valence-electron chi connectivity index (χ2n) is 7.02. The Labute approximate surface area is 168 Å². The van der Waals surface area contributed by atoms with E-state index in [-0.39, 0.29) is 25.0 Å². The average Bonchev–Trinajstić information content (AvgIpc) is 3.37. The van der Waals surface area contributed by atoms with Gasteiger partial charge in [-0.25, -0.2) is 4.79 Å². The van der Waals surface area contributed by atoms with E-state index >= 15 is 0 Å². The van der Waals surface area contributed by atoms with Gasteiger partial charge in [0.25, 0.3) is 5.91 Å². The molecule has 1 saturated heterocycles. The Morgan fingerprint density at radius 1 is 0.931 bits per heavy atom. The predicted molar refractivity (Wildman–Crippen MR) is 107 cm³/mol. The Hall–Kier alpha value is -3.35. The lowest BCUT2D eigenvalue weighted by Gasteiger charge is -2.17. The second-order valence-corrected chi connectivity index (χ2v) is 7.02. The zero-order chi connectivity index (χ0) is 20.2. The highest BCUT2D eigenvalue weighted by Crippen LogP contribution is 2.27. The van der Waals surface area contributed by atoms with Gasteiger partial charge in [-0.3, -0.25) is 9.59 Å². The lowest BCUT2D eigenvalue weighted by Crippen LogP contribution is -2.33. The van der Waals surface area contributed by atoms with Gasteiger partial charge in [-0.2, -0.15) is 0 Å². The number of carbonyl (C=O) groups excluding carboxylic acids is 3. The number of para-hydroxylation sites is 1. The molecule has 2 amide bonds. The van der Waals surface area contributed by atoms with Crippen molar-refractivity contribution in [2.75, 3.05) is 36.1 Å². The minimum absolute atomic E-state index is 0.118. The number of esters is 1.